The molecule has 3 aliphatic heterocycles. The monoisotopic (exact) mass is 574 g/mol. The molecule has 4 heterocycles. The van der Waals surface area contributed by atoms with Gasteiger partial charge in [-0.1, -0.05) is 31.4 Å². The lowest BCUT2D eigenvalue weighted by atomic mass is 10.1. The van der Waals surface area contributed by atoms with Crippen LogP contribution < -0.4 is 14.5 Å². The Bertz CT molecular complexity index is 1480. The normalized spacial score (nSPS) is 16.8. The molecule has 0 amide bonds. The Balaban J connectivity index is 0.000000169. The zero-order valence-corrected chi connectivity index (χ0v) is 23.1. The van der Waals surface area contributed by atoms with E-state index in [1.165, 1.54) is 60.8 Å². The van der Waals surface area contributed by atoms with Crippen molar-refractivity contribution in [2.45, 2.75) is 19.2 Å². The number of nitrogens with zero attached hydrogens (tertiary/aromatic N) is 4. The maximum atomic E-state index is 12.2. The number of benzene rings is 2. The second-order valence-corrected chi connectivity index (χ2v) is 10.3. The van der Waals surface area contributed by atoms with E-state index in [1.807, 2.05) is 29.8 Å². The van der Waals surface area contributed by atoms with Crippen molar-refractivity contribution < 1.29 is 17.9 Å². The molecule has 210 valence electrons. The van der Waals surface area contributed by atoms with Crippen LogP contribution in [0.5, 0.6) is 5.75 Å². The van der Waals surface area contributed by atoms with E-state index in [0.717, 1.165) is 16.3 Å². The van der Waals surface area contributed by atoms with Crippen LogP contribution in [0.2, 0.25) is 0 Å². The van der Waals surface area contributed by atoms with Crippen molar-refractivity contribution >= 4 is 28.3 Å². The molecule has 1 saturated heterocycles. The third-order valence-corrected chi connectivity index (χ3v) is 7.41. The van der Waals surface area contributed by atoms with Crippen LogP contribution in [0.25, 0.3) is 5.57 Å². The van der Waals surface area contributed by atoms with Crippen molar-refractivity contribution in [1.82, 2.24) is 9.88 Å². The predicted octanol–water partition coefficient (Wildman–Crippen LogP) is 8.49. The first-order chi connectivity index (χ1) is 19.8. The lowest BCUT2D eigenvalue weighted by Gasteiger charge is -2.29. The van der Waals surface area contributed by atoms with Crippen LogP contribution in [0.1, 0.15) is 17.8 Å². The van der Waals surface area contributed by atoms with Crippen LogP contribution >= 0.6 is 11.3 Å². The first-order valence-corrected chi connectivity index (χ1v) is 14.0. The van der Waals surface area contributed by atoms with Crippen molar-refractivity contribution in [2.75, 3.05) is 22.9 Å². The molecule has 41 heavy (non-hydrogen) atoms. The SMILES string of the molecule is C=C1C=CC(N2CCCC2)=CN1c1ccccc1.C=C1C=CC(c2nccs2)=CN1c1ccc(OC(F)(F)F)cc1. The maximum Gasteiger partial charge on any atom is 0.573 e. The fourth-order valence-corrected chi connectivity index (χ4v) is 5.21. The van der Waals surface area contributed by atoms with Gasteiger partial charge in [-0.25, -0.2) is 4.98 Å². The van der Waals surface area contributed by atoms with E-state index in [9.17, 15) is 13.2 Å². The van der Waals surface area contributed by atoms with E-state index in [0.29, 0.717) is 11.4 Å². The number of halogens is 3. The van der Waals surface area contributed by atoms with Gasteiger partial charge in [0.15, 0.2) is 0 Å². The molecule has 0 unspecified atom stereocenters. The molecule has 9 heteroatoms. The van der Waals surface area contributed by atoms with Crippen LogP contribution in [0, 0.1) is 0 Å². The number of alkyl halides is 3. The molecule has 3 aliphatic rings. The van der Waals surface area contributed by atoms with Gasteiger partial charge in [0, 0.05) is 65.4 Å². The Morgan fingerprint density at radius 3 is 2.05 bits per heavy atom. The summed E-state index contributed by atoms with van der Waals surface area (Å²) in [6.07, 6.45) is 11.7. The van der Waals surface area contributed by atoms with E-state index >= 15 is 0 Å². The van der Waals surface area contributed by atoms with Crippen LogP contribution in [0.3, 0.4) is 0 Å². The van der Waals surface area contributed by atoms with E-state index in [1.54, 1.807) is 23.2 Å². The van der Waals surface area contributed by atoms with Gasteiger partial charge in [0.25, 0.3) is 0 Å². The summed E-state index contributed by atoms with van der Waals surface area (Å²) in [7, 11) is 0. The molecule has 1 fully saturated rings. The summed E-state index contributed by atoms with van der Waals surface area (Å²) in [5.41, 5.74) is 5.78. The van der Waals surface area contributed by atoms with E-state index < -0.39 is 6.36 Å². The van der Waals surface area contributed by atoms with Crippen LogP contribution in [-0.2, 0) is 0 Å². The van der Waals surface area contributed by atoms with Crippen molar-refractivity contribution in [3.05, 3.63) is 138 Å². The molecule has 0 spiro atoms. The van der Waals surface area contributed by atoms with Crippen LogP contribution in [-0.4, -0.2) is 29.3 Å². The van der Waals surface area contributed by atoms with Crippen LogP contribution in [0.4, 0.5) is 24.5 Å². The van der Waals surface area contributed by atoms with Crippen molar-refractivity contribution in [2.24, 2.45) is 0 Å². The average molecular weight is 575 g/mol. The highest BCUT2D eigenvalue weighted by Gasteiger charge is 2.31. The standard InChI is InChI=1S/C16H11F3N2OS.C16H18N2/c1-11-2-3-12(15-20-8-9-23-15)10-21(11)13-4-6-14(7-5-13)22-16(17,18)19;1-14-9-10-16(17-11-5-6-12-17)13-18(14)15-7-3-2-4-8-15/h2-10H,1H2;2-4,7-10,13H,1,5-6,11-12H2. The number of aromatic nitrogens is 1. The number of anilines is 2. The van der Waals surface area contributed by atoms with Crippen LogP contribution in [0.15, 0.2) is 133 Å². The zero-order valence-electron chi connectivity index (χ0n) is 22.3. The first-order valence-electron chi connectivity index (χ1n) is 13.1. The van der Waals surface area contributed by atoms with E-state index in [2.05, 4.69) is 75.3 Å². The van der Waals surface area contributed by atoms with Gasteiger partial charge in [-0.2, -0.15) is 0 Å². The van der Waals surface area contributed by atoms with Gasteiger partial charge >= 0.3 is 6.36 Å². The van der Waals surface area contributed by atoms with E-state index in [-0.39, 0.29) is 5.75 Å². The lowest BCUT2D eigenvalue weighted by molar-refractivity contribution is -0.274. The zero-order chi connectivity index (χ0) is 28.8. The van der Waals surface area contributed by atoms with E-state index in [4.69, 9.17) is 0 Å². The Morgan fingerprint density at radius 2 is 1.41 bits per heavy atom. The van der Waals surface area contributed by atoms with Gasteiger partial charge in [-0.3, -0.25) is 0 Å². The summed E-state index contributed by atoms with van der Waals surface area (Å²) < 4.78 is 40.5. The van der Waals surface area contributed by atoms with Gasteiger partial charge in [0.05, 0.1) is 5.70 Å². The summed E-state index contributed by atoms with van der Waals surface area (Å²) in [5.74, 6) is -0.261. The molecule has 3 aromatic rings. The fraction of sp³-hybridized carbons (Fsp3) is 0.156. The smallest absolute Gasteiger partial charge is 0.406 e. The Labute approximate surface area is 241 Å². The molecule has 2 aromatic carbocycles. The predicted molar refractivity (Wildman–Crippen MR) is 160 cm³/mol. The number of rotatable bonds is 5. The minimum Gasteiger partial charge on any atom is -0.406 e. The second kappa shape index (κ2) is 12.3. The molecule has 0 bridgehead atoms. The van der Waals surface area contributed by atoms with Crippen molar-refractivity contribution in [3.63, 3.8) is 0 Å². The quantitative estimate of drug-likeness (QED) is 0.305. The second-order valence-electron chi connectivity index (χ2n) is 9.44. The average Bonchev–Trinajstić information content (AvgIpc) is 3.70. The Kier molecular flexibility index (Phi) is 8.45. The summed E-state index contributed by atoms with van der Waals surface area (Å²) in [6.45, 7) is 10.4. The molecular formula is C32H29F3N4OS. The van der Waals surface area contributed by atoms with Gasteiger partial charge in [-0.05, 0) is 73.5 Å². The molecule has 5 nitrogen and oxygen atoms in total. The number of hydrogen-bond donors (Lipinski definition) is 0. The van der Waals surface area contributed by atoms with Crippen molar-refractivity contribution in [3.8, 4) is 5.75 Å². The third kappa shape index (κ3) is 7.18. The summed E-state index contributed by atoms with van der Waals surface area (Å²) >= 11 is 1.50. The first kappa shape index (κ1) is 28.0. The molecule has 0 saturated carbocycles. The molecule has 0 atom stereocenters. The van der Waals surface area contributed by atoms with Gasteiger partial charge in [-0.15, -0.1) is 24.5 Å². The number of para-hydroxylation sites is 1. The molecule has 0 radical (unpaired) electrons. The van der Waals surface area contributed by atoms with Crippen molar-refractivity contribution in [1.29, 1.82) is 0 Å². The summed E-state index contributed by atoms with van der Waals surface area (Å²) in [4.78, 5) is 10.6. The number of allylic oxidation sites excluding steroid dienone is 5. The largest absolute Gasteiger partial charge is 0.573 e. The molecule has 0 N–H and O–H groups in total. The Hall–Kier alpha value is -4.50. The highest BCUT2D eigenvalue weighted by atomic mass is 32.1. The highest BCUT2D eigenvalue weighted by Crippen LogP contribution is 2.32. The molecule has 6 rings (SSSR count). The number of likely N-dealkylation sites (tertiary alicyclic amines) is 1. The van der Waals surface area contributed by atoms with Gasteiger partial charge in [0.1, 0.15) is 10.8 Å². The lowest BCUT2D eigenvalue weighted by Crippen LogP contribution is -2.24. The topological polar surface area (TPSA) is 31.8 Å². The summed E-state index contributed by atoms with van der Waals surface area (Å²) in [5, 5.41) is 2.73. The highest BCUT2D eigenvalue weighted by molar-refractivity contribution is 7.10. The van der Waals surface area contributed by atoms with Gasteiger partial charge < -0.3 is 19.4 Å². The Morgan fingerprint density at radius 1 is 0.780 bits per heavy atom. The van der Waals surface area contributed by atoms with Gasteiger partial charge in [0.2, 0.25) is 0 Å². The molecular weight excluding hydrogens is 545 g/mol. The molecule has 1 aromatic heterocycles. The minimum atomic E-state index is -4.70. The maximum absolute atomic E-state index is 12.2. The summed E-state index contributed by atoms with van der Waals surface area (Å²) in [6, 6.07) is 16.0. The fourth-order valence-electron chi connectivity index (χ4n) is 4.58. The minimum absolute atomic E-state index is 0.261. The number of thiazole rings is 1. The molecule has 0 aliphatic carbocycles. The number of ether oxygens (including phenoxy) is 1. The number of hydrogen-bond acceptors (Lipinski definition) is 6. The third-order valence-electron chi connectivity index (χ3n) is 6.58.